The Kier molecular flexibility index (Phi) is 4.79. The minimum Gasteiger partial charge on any atom is -0.306 e. The van der Waals surface area contributed by atoms with Gasteiger partial charge in [-0.05, 0) is 63.6 Å². The van der Waals surface area contributed by atoms with Gasteiger partial charge in [0, 0.05) is 23.0 Å². The number of nitrogens with zero attached hydrogens (tertiary/aromatic N) is 1. The number of rotatable bonds is 4. The molecule has 0 radical (unpaired) electrons. The van der Waals surface area contributed by atoms with Gasteiger partial charge >= 0.3 is 0 Å². The maximum atomic E-state index is 4.04. The van der Waals surface area contributed by atoms with E-state index in [2.05, 4.69) is 41.7 Å². The Labute approximate surface area is 127 Å². The van der Waals surface area contributed by atoms with Crippen molar-refractivity contribution in [3.05, 3.63) is 22.4 Å². The van der Waals surface area contributed by atoms with E-state index in [1.165, 1.54) is 45.1 Å². The number of piperidine rings is 1. The maximum Gasteiger partial charge on any atom is 0.0445 e. The van der Waals surface area contributed by atoms with Gasteiger partial charge in [-0.15, -0.1) is 11.3 Å². The fourth-order valence-corrected chi connectivity index (χ4v) is 4.78. The van der Waals surface area contributed by atoms with Gasteiger partial charge in [0.05, 0.1) is 0 Å². The van der Waals surface area contributed by atoms with Gasteiger partial charge in [-0.3, -0.25) is 0 Å². The Morgan fingerprint density at radius 1 is 1.30 bits per heavy atom. The molecule has 1 aromatic heterocycles. The van der Waals surface area contributed by atoms with Gasteiger partial charge < -0.3 is 10.2 Å². The summed E-state index contributed by atoms with van der Waals surface area (Å²) in [6, 6.07) is 6.57. The molecule has 0 amide bonds. The van der Waals surface area contributed by atoms with Crippen LogP contribution in [0.15, 0.2) is 17.5 Å². The molecule has 1 N–H and O–H groups in total. The highest BCUT2D eigenvalue weighted by atomic mass is 32.1. The molecule has 3 rings (SSSR count). The van der Waals surface area contributed by atoms with Crippen LogP contribution in [0.4, 0.5) is 0 Å². The molecular weight excluding hydrogens is 264 g/mol. The Bertz CT molecular complexity index is 397. The van der Waals surface area contributed by atoms with Crippen molar-refractivity contribution in [2.45, 2.75) is 63.6 Å². The molecule has 2 fully saturated rings. The summed E-state index contributed by atoms with van der Waals surface area (Å²) >= 11 is 1.93. The van der Waals surface area contributed by atoms with Crippen molar-refractivity contribution in [2.75, 3.05) is 13.6 Å². The summed E-state index contributed by atoms with van der Waals surface area (Å²) in [6.45, 7) is 3.60. The molecule has 3 unspecified atom stereocenters. The summed E-state index contributed by atoms with van der Waals surface area (Å²) in [5, 5.41) is 6.27. The molecule has 112 valence electrons. The fraction of sp³-hybridized carbons (Fsp3) is 0.765. The lowest BCUT2D eigenvalue weighted by atomic mass is 9.92. The van der Waals surface area contributed by atoms with Gasteiger partial charge in [0.25, 0.3) is 0 Å². The van der Waals surface area contributed by atoms with Gasteiger partial charge in [0.1, 0.15) is 0 Å². The predicted octanol–water partition coefficient (Wildman–Crippen LogP) is 4.05. The second kappa shape index (κ2) is 6.59. The van der Waals surface area contributed by atoms with E-state index in [4.69, 9.17) is 0 Å². The van der Waals surface area contributed by atoms with Crippen LogP contribution in [-0.2, 0) is 0 Å². The molecule has 3 heteroatoms. The first-order valence-electron chi connectivity index (χ1n) is 8.23. The van der Waals surface area contributed by atoms with Crippen molar-refractivity contribution in [3.8, 4) is 0 Å². The highest BCUT2D eigenvalue weighted by molar-refractivity contribution is 7.10. The van der Waals surface area contributed by atoms with Crippen molar-refractivity contribution in [2.24, 2.45) is 5.92 Å². The molecule has 1 saturated heterocycles. The first-order chi connectivity index (χ1) is 9.74. The molecule has 3 atom stereocenters. The SMILES string of the molecule is CC1CC(NC(c2cccs2)C2CCCC2)CCN1C. The fourth-order valence-electron chi connectivity index (χ4n) is 3.90. The van der Waals surface area contributed by atoms with Gasteiger partial charge in [-0.2, -0.15) is 0 Å². The number of thiophene rings is 1. The molecule has 2 aliphatic rings. The van der Waals surface area contributed by atoms with Crippen molar-refractivity contribution in [3.63, 3.8) is 0 Å². The van der Waals surface area contributed by atoms with Crippen molar-refractivity contribution < 1.29 is 0 Å². The zero-order valence-corrected chi connectivity index (χ0v) is 13.7. The van der Waals surface area contributed by atoms with E-state index in [-0.39, 0.29) is 0 Å². The van der Waals surface area contributed by atoms with E-state index in [1.807, 2.05) is 11.3 Å². The molecule has 0 bridgehead atoms. The third kappa shape index (κ3) is 3.26. The van der Waals surface area contributed by atoms with E-state index in [0.29, 0.717) is 18.1 Å². The molecule has 20 heavy (non-hydrogen) atoms. The Balaban J connectivity index is 1.67. The third-order valence-electron chi connectivity index (χ3n) is 5.34. The molecule has 1 aliphatic heterocycles. The van der Waals surface area contributed by atoms with Gasteiger partial charge in [-0.25, -0.2) is 0 Å². The average molecular weight is 292 g/mol. The molecule has 1 aliphatic carbocycles. The lowest BCUT2D eigenvalue weighted by Crippen LogP contribution is -2.47. The molecule has 1 saturated carbocycles. The highest BCUT2D eigenvalue weighted by Crippen LogP contribution is 2.38. The quantitative estimate of drug-likeness (QED) is 0.900. The van der Waals surface area contributed by atoms with Crippen LogP contribution in [0.2, 0.25) is 0 Å². The Morgan fingerprint density at radius 3 is 2.75 bits per heavy atom. The van der Waals surface area contributed by atoms with Crippen molar-refractivity contribution in [1.82, 2.24) is 10.2 Å². The van der Waals surface area contributed by atoms with Crippen LogP contribution in [0.5, 0.6) is 0 Å². The lowest BCUT2D eigenvalue weighted by molar-refractivity contribution is 0.155. The molecule has 2 heterocycles. The maximum absolute atomic E-state index is 4.04. The largest absolute Gasteiger partial charge is 0.306 e. The van der Waals surface area contributed by atoms with E-state index in [1.54, 1.807) is 4.88 Å². The van der Waals surface area contributed by atoms with Crippen molar-refractivity contribution in [1.29, 1.82) is 0 Å². The van der Waals surface area contributed by atoms with Crippen LogP contribution in [-0.4, -0.2) is 30.6 Å². The summed E-state index contributed by atoms with van der Waals surface area (Å²) in [5.41, 5.74) is 0. The Morgan fingerprint density at radius 2 is 2.10 bits per heavy atom. The number of hydrogen-bond acceptors (Lipinski definition) is 3. The minimum atomic E-state index is 0.609. The first-order valence-corrected chi connectivity index (χ1v) is 9.11. The van der Waals surface area contributed by atoms with Crippen LogP contribution in [0, 0.1) is 5.92 Å². The normalized spacial score (nSPS) is 30.7. The van der Waals surface area contributed by atoms with Gasteiger partial charge in [0.15, 0.2) is 0 Å². The minimum absolute atomic E-state index is 0.609. The summed E-state index contributed by atoms with van der Waals surface area (Å²) in [5.74, 6) is 0.864. The second-order valence-electron chi connectivity index (χ2n) is 6.76. The van der Waals surface area contributed by atoms with Gasteiger partial charge in [-0.1, -0.05) is 18.9 Å². The van der Waals surface area contributed by atoms with E-state index in [9.17, 15) is 0 Å². The molecular formula is C17H28N2S. The smallest absolute Gasteiger partial charge is 0.0445 e. The van der Waals surface area contributed by atoms with E-state index < -0.39 is 0 Å². The number of likely N-dealkylation sites (tertiary alicyclic amines) is 1. The number of hydrogen-bond donors (Lipinski definition) is 1. The Hall–Kier alpha value is -0.380. The zero-order chi connectivity index (χ0) is 13.9. The van der Waals surface area contributed by atoms with Crippen LogP contribution < -0.4 is 5.32 Å². The summed E-state index contributed by atoms with van der Waals surface area (Å²) < 4.78 is 0. The summed E-state index contributed by atoms with van der Waals surface area (Å²) in [6.07, 6.45) is 8.28. The predicted molar refractivity (Wildman–Crippen MR) is 87.3 cm³/mol. The summed E-state index contributed by atoms with van der Waals surface area (Å²) in [7, 11) is 2.26. The van der Waals surface area contributed by atoms with Crippen LogP contribution in [0.3, 0.4) is 0 Å². The monoisotopic (exact) mass is 292 g/mol. The standard InChI is InChI=1S/C17H28N2S/c1-13-12-15(9-10-19(13)2)18-17(14-6-3-4-7-14)16-8-5-11-20-16/h5,8,11,13-15,17-18H,3-4,6-7,9-10,12H2,1-2H3. The van der Waals surface area contributed by atoms with Gasteiger partial charge in [0.2, 0.25) is 0 Å². The van der Waals surface area contributed by atoms with Crippen LogP contribution in [0.1, 0.15) is 56.4 Å². The average Bonchev–Trinajstić information content (AvgIpc) is 3.12. The zero-order valence-electron chi connectivity index (χ0n) is 12.8. The molecule has 2 nitrogen and oxygen atoms in total. The highest BCUT2D eigenvalue weighted by Gasteiger charge is 2.31. The van der Waals surface area contributed by atoms with E-state index >= 15 is 0 Å². The van der Waals surface area contributed by atoms with Crippen LogP contribution >= 0.6 is 11.3 Å². The lowest BCUT2D eigenvalue weighted by Gasteiger charge is -2.38. The molecule has 0 aromatic carbocycles. The number of nitrogens with one attached hydrogen (secondary N) is 1. The van der Waals surface area contributed by atoms with Crippen LogP contribution in [0.25, 0.3) is 0 Å². The summed E-state index contributed by atoms with van der Waals surface area (Å²) in [4.78, 5) is 4.05. The first kappa shape index (κ1) is 14.6. The van der Waals surface area contributed by atoms with E-state index in [0.717, 1.165) is 5.92 Å². The third-order valence-corrected chi connectivity index (χ3v) is 6.30. The topological polar surface area (TPSA) is 15.3 Å². The molecule has 0 spiro atoms. The second-order valence-corrected chi connectivity index (χ2v) is 7.73. The van der Waals surface area contributed by atoms with Crippen molar-refractivity contribution >= 4 is 11.3 Å². The molecule has 1 aromatic rings.